The second kappa shape index (κ2) is 10.6. The van der Waals surface area contributed by atoms with Crippen LogP contribution in [0.25, 0.3) is 5.76 Å². The first kappa shape index (κ1) is 23.6. The fraction of sp³-hybridized carbons (Fsp3) is 0.269. The summed E-state index contributed by atoms with van der Waals surface area (Å²) >= 11 is 5.99. The number of hydrogen-bond donors (Lipinski definition) is 1. The van der Waals surface area contributed by atoms with E-state index < -0.39 is 17.7 Å². The lowest BCUT2D eigenvalue weighted by atomic mass is 9.95. The molecule has 1 aliphatic rings. The van der Waals surface area contributed by atoms with Crippen LogP contribution in [0.3, 0.4) is 0 Å². The molecule has 7 nitrogen and oxygen atoms in total. The number of likely N-dealkylation sites (tertiary alicyclic amines) is 1. The Bertz CT molecular complexity index is 1190. The number of aliphatic hydroxyl groups excluding tert-OH is 1. The van der Waals surface area contributed by atoms with Crippen molar-refractivity contribution in [3.05, 3.63) is 89.0 Å². The SMILES string of the molecule is CCCOc1cccc(C2C(=C(O)c3ccc(Cl)cc3)C(=O)C(=O)N2CCCn2ccnc2)c1. The van der Waals surface area contributed by atoms with Gasteiger partial charge in [-0.05, 0) is 54.8 Å². The van der Waals surface area contributed by atoms with Crippen molar-refractivity contribution < 1.29 is 19.4 Å². The summed E-state index contributed by atoms with van der Waals surface area (Å²) in [6, 6.07) is 13.1. The number of aliphatic hydroxyl groups is 1. The number of halogens is 1. The molecule has 1 N–H and O–H groups in total. The Morgan fingerprint density at radius 1 is 1.15 bits per heavy atom. The number of ketones is 1. The maximum absolute atomic E-state index is 13.1. The van der Waals surface area contributed by atoms with E-state index in [1.54, 1.807) is 36.8 Å². The van der Waals surface area contributed by atoms with E-state index >= 15 is 0 Å². The van der Waals surface area contributed by atoms with Gasteiger partial charge in [-0.2, -0.15) is 0 Å². The van der Waals surface area contributed by atoms with Gasteiger partial charge in [0.1, 0.15) is 11.5 Å². The van der Waals surface area contributed by atoms with Gasteiger partial charge < -0.3 is 19.3 Å². The highest BCUT2D eigenvalue weighted by Gasteiger charge is 2.45. The van der Waals surface area contributed by atoms with E-state index in [1.807, 2.05) is 42.0 Å². The lowest BCUT2D eigenvalue weighted by Gasteiger charge is -2.25. The number of aromatic nitrogens is 2. The molecule has 3 aromatic rings. The number of nitrogens with zero attached hydrogens (tertiary/aromatic N) is 3. The number of aryl methyl sites for hydroxylation is 1. The minimum absolute atomic E-state index is 0.0580. The van der Waals surface area contributed by atoms with Gasteiger partial charge in [-0.25, -0.2) is 4.98 Å². The third kappa shape index (κ3) is 4.99. The lowest BCUT2D eigenvalue weighted by Crippen LogP contribution is -2.31. The first-order chi connectivity index (χ1) is 16.5. The largest absolute Gasteiger partial charge is 0.507 e. The molecule has 1 aromatic heterocycles. The van der Waals surface area contributed by atoms with Gasteiger partial charge in [-0.3, -0.25) is 9.59 Å². The van der Waals surface area contributed by atoms with E-state index in [0.29, 0.717) is 48.0 Å². The van der Waals surface area contributed by atoms with E-state index in [1.165, 1.54) is 4.90 Å². The third-order valence-corrected chi connectivity index (χ3v) is 5.93. The van der Waals surface area contributed by atoms with Crippen LogP contribution >= 0.6 is 11.6 Å². The van der Waals surface area contributed by atoms with Gasteiger partial charge in [0, 0.05) is 36.1 Å². The highest BCUT2D eigenvalue weighted by Crippen LogP contribution is 2.40. The highest BCUT2D eigenvalue weighted by atomic mass is 35.5. The lowest BCUT2D eigenvalue weighted by molar-refractivity contribution is -0.139. The monoisotopic (exact) mass is 479 g/mol. The van der Waals surface area contributed by atoms with Gasteiger partial charge in [0.15, 0.2) is 0 Å². The van der Waals surface area contributed by atoms with E-state index in [-0.39, 0.29) is 11.3 Å². The zero-order valence-corrected chi connectivity index (χ0v) is 19.6. The maximum atomic E-state index is 13.1. The summed E-state index contributed by atoms with van der Waals surface area (Å²) < 4.78 is 7.69. The van der Waals surface area contributed by atoms with Crippen molar-refractivity contribution in [2.75, 3.05) is 13.2 Å². The molecule has 34 heavy (non-hydrogen) atoms. The minimum Gasteiger partial charge on any atom is -0.507 e. The summed E-state index contributed by atoms with van der Waals surface area (Å²) in [6.07, 6.45) is 6.72. The van der Waals surface area contributed by atoms with E-state index in [2.05, 4.69) is 4.98 Å². The van der Waals surface area contributed by atoms with Crippen molar-refractivity contribution in [2.24, 2.45) is 0 Å². The molecule has 2 aromatic carbocycles. The molecule has 4 rings (SSSR count). The molecule has 0 spiro atoms. The van der Waals surface area contributed by atoms with E-state index in [9.17, 15) is 14.7 Å². The predicted molar refractivity (Wildman–Crippen MR) is 130 cm³/mol. The van der Waals surface area contributed by atoms with Gasteiger partial charge in [-0.1, -0.05) is 30.7 Å². The van der Waals surface area contributed by atoms with Crippen molar-refractivity contribution in [2.45, 2.75) is 32.4 Å². The van der Waals surface area contributed by atoms with Gasteiger partial charge in [-0.15, -0.1) is 0 Å². The van der Waals surface area contributed by atoms with Crippen LogP contribution in [0.15, 0.2) is 72.8 Å². The Labute approximate surface area is 203 Å². The van der Waals surface area contributed by atoms with Gasteiger partial charge in [0.05, 0.1) is 24.5 Å². The number of Topliss-reactive ketones (excluding diaryl/α,β-unsaturated/α-hetero) is 1. The number of imidazole rings is 1. The normalized spacial score (nSPS) is 17.4. The first-order valence-electron chi connectivity index (χ1n) is 11.2. The molecule has 2 heterocycles. The van der Waals surface area contributed by atoms with E-state index in [0.717, 1.165) is 6.42 Å². The summed E-state index contributed by atoms with van der Waals surface area (Å²) in [7, 11) is 0. The predicted octanol–water partition coefficient (Wildman–Crippen LogP) is 4.84. The van der Waals surface area contributed by atoms with Crippen LogP contribution in [-0.4, -0.2) is 44.4 Å². The average molecular weight is 480 g/mol. The molecular weight excluding hydrogens is 454 g/mol. The molecule has 0 aliphatic carbocycles. The van der Waals surface area contributed by atoms with Crippen molar-refractivity contribution in [1.29, 1.82) is 0 Å². The van der Waals surface area contributed by atoms with E-state index in [4.69, 9.17) is 16.3 Å². The summed E-state index contributed by atoms with van der Waals surface area (Å²) in [4.78, 5) is 31.8. The molecule has 0 radical (unpaired) electrons. The zero-order chi connectivity index (χ0) is 24.1. The standard InChI is InChI=1S/C26H26ClN3O4/c1-2-15-34-21-6-3-5-19(16-21)23-22(24(31)18-7-9-20(27)10-8-18)25(32)26(33)30(23)13-4-12-29-14-11-28-17-29/h3,5-11,14,16-17,23,31H,2,4,12-13,15H2,1H3. The molecule has 1 fully saturated rings. The zero-order valence-electron chi connectivity index (χ0n) is 18.9. The molecule has 8 heteroatoms. The number of carbonyl (C=O) groups is 2. The van der Waals surface area contributed by atoms with Crippen LogP contribution in [0.2, 0.25) is 5.02 Å². The summed E-state index contributed by atoms with van der Waals surface area (Å²) in [5.74, 6) is -0.919. The molecule has 0 saturated carbocycles. The number of rotatable bonds is 9. The maximum Gasteiger partial charge on any atom is 0.295 e. The Morgan fingerprint density at radius 2 is 1.94 bits per heavy atom. The van der Waals surface area contributed by atoms with Gasteiger partial charge >= 0.3 is 0 Å². The van der Waals surface area contributed by atoms with Crippen LogP contribution < -0.4 is 4.74 Å². The van der Waals surface area contributed by atoms with Crippen LogP contribution in [0.1, 0.15) is 36.9 Å². The fourth-order valence-corrected chi connectivity index (χ4v) is 4.18. The van der Waals surface area contributed by atoms with Crippen LogP contribution in [0, 0.1) is 0 Å². The second-order valence-corrected chi connectivity index (χ2v) is 8.51. The van der Waals surface area contributed by atoms with Crippen molar-refractivity contribution in [3.8, 4) is 5.75 Å². The van der Waals surface area contributed by atoms with Crippen molar-refractivity contribution >= 4 is 29.1 Å². The third-order valence-electron chi connectivity index (χ3n) is 5.68. The summed E-state index contributed by atoms with van der Waals surface area (Å²) in [5.41, 5.74) is 1.18. The molecule has 176 valence electrons. The Hall–Kier alpha value is -3.58. The molecule has 1 unspecified atom stereocenters. The molecule has 1 saturated heterocycles. The quantitative estimate of drug-likeness (QED) is 0.270. The van der Waals surface area contributed by atoms with Crippen LogP contribution in [0.4, 0.5) is 0 Å². The van der Waals surface area contributed by atoms with Crippen molar-refractivity contribution in [3.63, 3.8) is 0 Å². The molecule has 1 atom stereocenters. The first-order valence-corrected chi connectivity index (χ1v) is 11.6. The number of amides is 1. The average Bonchev–Trinajstić information content (AvgIpc) is 3.45. The number of benzene rings is 2. The number of carbonyl (C=O) groups excluding carboxylic acids is 2. The Kier molecular flexibility index (Phi) is 7.33. The minimum atomic E-state index is -0.733. The van der Waals surface area contributed by atoms with Crippen LogP contribution in [-0.2, 0) is 16.1 Å². The number of hydrogen-bond acceptors (Lipinski definition) is 5. The Morgan fingerprint density at radius 3 is 2.65 bits per heavy atom. The highest BCUT2D eigenvalue weighted by molar-refractivity contribution is 6.46. The Balaban J connectivity index is 1.73. The molecule has 1 aliphatic heterocycles. The fourth-order valence-electron chi connectivity index (χ4n) is 4.06. The second-order valence-electron chi connectivity index (χ2n) is 8.07. The number of ether oxygens (including phenoxy) is 1. The summed E-state index contributed by atoms with van der Waals surface area (Å²) in [5, 5.41) is 11.6. The topological polar surface area (TPSA) is 84.7 Å². The van der Waals surface area contributed by atoms with Gasteiger partial charge in [0.2, 0.25) is 0 Å². The molecular formula is C26H26ClN3O4. The summed E-state index contributed by atoms with van der Waals surface area (Å²) in [6.45, 7) is 3.56. The smallest absolute Gasteiger partial charge is 0.295 e. The van der Waals surface area contributed by atoms with Gasteiger partial charge in [0.25, 0.3) is 11.7 Å². The molecule has 1 amide bonds. The molecule has 0 bridgehead atoms. The van der Waals surface area contributed by atoms with Crippen molar-refractivity contribution in [1.82, 2.24) is 14.5 Å². The van der Waals surface area contributed by atoms with Crippen LogP contribution in [0.5, 0.6) is 5.75 Å².